The monoisotopic (exact) mass is 507 g/mol. The Balaban J connectivity index is 1.70. The Labute approximate surface area is 209 Å². The highest BCUT2D eigenvalue weighted by Gasteiger charge is 2.42. The summed E-state index contributed by atoms with van der Waals surface area (Å²) in [6.45, 7) is 3.59. The number of rotatable bonds is 8. The molecular weight excluding hydrogens is 482 g/mol. The zero-order valence-electron chi connectivity index (χ0n) is 19.7. The summed E-state index contributed by atoms with van der Waals surface area (Å²) in [5, 5.41) is 5.41. The lowest BCUT2D eigenvalue weighted by molar-refractivity contribution is -0.122. The molecule has 0 radical (unpaired) electrons. The minimum Gasteiger partial charge on any atom is -0.492 e. The minimum atomic E-state index is -4.28. The number of sulfonamides is 1. The normalized spacial score (nSPS) is 15.0. The van der Waals surface area contributed by atoms with E-state index in [4.69, 9.17) is 4.74 Å². The second-order valence-electron chi connectivity index (χ2n) is 8.09. The maximum absolute atomic E-state index is 13.8. The lowest BCUT2D eigenvalue weighted by Gasteiger charge is -2.36. The second-order valence-corrected chi connectivity index (χ2v) is 9.90. The van der Waals surface area contributed by atoms with Crippen LogP contribution in [0.5, 0.6) is 5.75 Å². The number of carbonyl (C=O) groups excluding carboxylic acids is 3. The first-order valence-corrected chi connectivity index (χ1v) is 12.7. The number of nitrogens with one attached hydrogen (secondary N) is 2. The lowest BCUT2D eigenvalue weighted by Crippen LogP contribution is -2.52. The van der Waals surface area contributed by atoms with Gasteiger partial charge in [0.15, 0.2) is 5.78 Å². The van der Waals surface area contributed by atoms with Gasteiger partial charge in [-0.05, 0) is 50.2 Å². The predicted octanol–water partition coefficient (Wildman–Crippen LogP) is 3.83. The molecule has 9 nitrogen and oxygen atoms in total. The van der Waals surface area contributed by atoms with Gasteiger partial charge < -0.3 is 15.4 Å². The van der Waals surface area contributed by atoms with E-state index in [1.807, 2.05) is 6.92 Å². The molecule has 0 fully saturated rings. The molecule has 36 heavy (non-hydrogen) atoms. The Kier molecular flexibility index (Phi) is 7.07. The van der Waals surface area contributed by atoms with Crippen LogP contribution in [0.15, 0.2) is 77.7 Å². The standard InChI is InChI=1S/C26H25N3O6S/c1-3-35-24-11-7-5-9-21(24)27-25(31)16-23-26(32)28-20-8-4-6-10-22(20)29(23)36(33,34)19-14-12-18(13-15-19)17(2)30/h4-15,23H,3,16H2,1-2H3,(H,27,31)(H,28,32)/t23-/m1/s1. The van der Waals surface area contributed by atoms with Crippen LogP contribution >= 0.6 is 0 Å². The van der Waals surface area contributed by atoms with Gasteiger partial charge in [-0.25, -0.2) is 8.42 Å². The van der Waals surface area contributed by atoms with Gasteiger partial charge in [-0.15, -0.1) is 0 Å². The molecule has 1 atom stereocenters. The fourth-order valence-corrected chi connectivity index (χ4v) is 5.57. The SMILES string of the molecule is CCOc1ccccc1NC(=O)C[C@@H]1C(=O)Nc2ccccc2N1S(=O)(=O)c1ccc(C(C)=O)cc1. The Hall–Kier alpha value is -4.18. The van der Waals surface area contributed by atoms with Crippen LogP contribution in [0.25, 0.3) is 0 Å². The highest BCUT2D eigenvalue weighted by molar-refractivity contribution is 7.93. The van der Waals surface area contributed by atoms with Gasteiger partial charge in [0.25, 0.3) is 10.0 Å². The number of hydrogen-bond donors (Lipinski definition) is 2. The highest BCUT2D eigenvalue weighted by atomic mass is 32.2. The van der Waals surface area contributed by atoms with E-state index in [1.54, 1.807) is 48.5 Å². The van der Waals surface area contributed by atoms with E-state index in [0.717, 1.165) is 4.31 Å². The van der Waals surface area contributed by atoms with Gasteiger partial charge in [-0.3, -0.25) is 18.7 Å². The van der Waals surface area contributed by atoms with E-state index in [9.17, 15) is 22.8 Å². The Morgan fingerprint density at radius 1 is 1.00 bits per heavy atom. The zero-order valence-corrected chi connectivity index (χ0v) is 20.5. The maximum atomic E-state index is 13.8. The van der Waals surface area contributed by atoms with Crippen molar-refractivity contribution in [1.29, 1.82) is 0 Å². The van der Waals surface area contributed by atoms with Crippen molar-refractivity contribution in [3.63, 3.8) is 0 Å². The molecular formula is C26H25N3O6S. The number of benzene rings is 3. The van der Waals surface area contributed by atoms with E-state index >= 15 is 0 Å². The largest absolute Gasteiger partial charge is 0.492 e. The summed E-state index contributed by atoms with van der Waals surface area (Å²) in [5.41, 5.74) is 1.31. The zero-order chi connectivity index (χ0) is 25.9. The molecule has 2 N–H and O–H groups in total. The molecule has 4 rings (SSSR count). The molecule has 186 valence electrons. The van der Waals surface area contributed by atoms with Crippen molar-refractivity contribution in [2.24, 2.45) is 0 Å². The van der Waals surface area contributed by atoms with Gasteiger partial charge >= 0.3 is 0 Å². The average Bonchev–Trinajstić information content (AvgIpc) is 2.85. The van der Waals surface area contributed by atoms with Crippen molar-refractivity contribution >= 4 is 44.7 Å². The molecule has 1 heterocycles. The molecule has 0 aliphatic carbocycles. The average molecular weight is 508 g/mol. The molecule has 3 aromatic rings. The van der Waals surface area contributed by atoms with E-state index in [1.165, 1.54) is 31.2 Å². The Bertz CT molecular complexity index is 1420. The number of ether oxygens (including phenoxy) is 1. The van der Waals surface area contributed by atoms with Crippen LogP contribution in [0, 0.1) is 0 Å². The van der Waals surface area contributed by atoms with E-state index in [2.05, 4.69) is 10.6 Å². The summed E-state index contributed by atoms with van der Waals surface area (Å²) in [6.07, 6.45) is -0.439. The third-order valence-corrected chi connectivity index (χ3v) is 7.48. The molecule has 3 aromatic carbocycles. The summed E-state index contributed by atoms with van der Waals surface area (Å²) >= 11 is 0. The summed E-state index contributed by atoms with van der Waals surface area (Å²) in [7, 11) is -4.28. The fourth-order valence-electron chi connectivity index (χ4n) is 3.94. The third kappa shape index (κ3) is 4.94. The Morgan fingerprint density at radius 3 is 2.36 bits per heavy atom. The van der Waals surface area contributed by atoms with Crippen molar-refractivity contribution in [2.75, 3.05) is 21.5 Å². The predicted molar refractivity (Wildman–Crippen MR) is 136 cm³/mol. The first kappa shape index (κ1) is 24.9. The molecule has 0 spiro atoms. The summed E-state index contributed by atoms with van der Waals surface area (Å²) in [6, 6.07) is 17.4. The van der Waals surface area contributed by atoms with Crippen LogP contribution < -0.4 is 19.7 Å². The highest BCUT2D eigenvalue weighted by Crippen LogP contribution is 2.37. The van der Waals surface area contributed by atoms with Crippen molar-refractivity contribution < 1.29 is 27.5 Å². The number of hydrogen-bond acceptors (Lipinski definition) is 6. The van der Waals surface area contributed by atoms with Crippen LogP contribution in [-0.4, -0.2) is 38.7 Å². The lowest BCUT2D eigenvalue weighted by atomic mass is 10.1. The number of anilines is 3. The molecule has 2 amide bonds. The van der Waals surface area contributed by atoms with Crippen LogP contribution in [0.4, 0.5) is 17.1 Å². The number of ketones is 1. The van der Waals surface area contributed by atoms with E-state index < -0.39 is 34.3 Å². The van der Waals surface area contributed by atoms with Crippen molar-refractivity contribution in [3.8, 4) is 5.75 Å². The second kappa shape index (κ2) is 10.2. The summed E-state index contributed by atoms with van der Waals surface area (Å²) in [5.74, 6) is -0.940. The van der Waals surface area contributed by atoms with Crippen LogP contribution in [0.1, 0.15) is 30.6 Å². The van der Waals surface area contributed by atoms with Gasteiger partial charge in [0.05, 0.1) is 35.0 Å². The summed E-state index contributed by atoms with van der Waals surface area (Å²) < 4.78 is 34.1. The van der Waals surface area contributed by atoms with Crippen molar-refractivity contribution in [1.82, 2.24) is 0 Å². The van der Waals surface area contributed by atoms with Crippen LogP contribution in [-0.2, 0) is 19.6 Å². The Morgan fingerprint density at radius 2 is 1.67 bits per heavy atom. The first-order chi connectivity index (χ1) is 17.2. The molecule has 1 aliphatic heterocycles. The molecule has 0 bridgehead atoms. The third-order valence-electron chi connectivity index (χ3n) is 5.64. The smallest absolute Gasteiger partial charge is 0.265 e. The number of amides is 2. The first-order valence-electron chi connectivity index (χ1n) is 11.3. The molecule has 10 heteroatoms. The molecule has 0 saturated heterocycles. The number of carbonyl (C=O) groups is 3. The van der Waals surface area contributed by atoms with E-state index in [-0.39, 0.29) is 16.4 Å². The van der Waals surface area contributed by atoms with Gasteiger partial charge in [-0.2, -0.15) is 0 Å². The van der Waals surface area contributed by atoms with Gasteiger partial charge in [0.2, 0.25) is 11.8 Å². The molecule has 0 unspecified atom stereocenters. The molecule has 0 saturated carbocycles. The number of para-hydroxylation sites is 4. The van der Waals surface area contributed by atoms with Gasteiger partial charge in [0.1, 0.15) is 11.8 Å². The van der Waals surface area contributed by atoms with Crippen molar-refractivity contribution in [3.05, 3.63) is 78.4 Å². The quantitative estimate of drug-likeness (QED) is 0.447. The number of Topliss-reactive ketones (excluding diaryl/α,β-unsaturated/α-hetero) is 1. The van der Waals surface area contributed by atoms with Gasteiger partial charge in [0, 0.05) is 5.56 Å². The van der Waals surface area contributed by atoms with E-state index in [0.29, 0.717) is 29.3 Å². The minimum absolute atomic E-state index is 0.107. The molecule has 0 aromatic heterocycles. The topological polar surface area (TPSA) is 122 Å². The number of fused-ring (bicyclic) bond motifs is 1. The van der Waals surface area contributed by atoms with Crippen LogP contribution in [0.3, 0.4) is 0 Å². The van der Waals surface area contributed by atoms with Crippen LogP contribution in [0.2, 0.25) is 0 Å². The number of nitrogens with zero attached hydrogens (tertiary/aromatic N) is 1. The van der Waals surface area contributed by atoms with Crippen molar-refractivity contribution in [2.45, 2.75) is 31.2 Å². The van der Waals surface area contributed by atoms with Gasteiger partial charge in [-0.1, -0.05) is 36.4 Å². The molecule has 1 aliphatic rings. The fraction of sp³-hybridized carbons (Fsp3) is 0.192. The summed E-state index contributed by atoms with van der Waals surface area (Å²) in [4.78, 5) is 37.6. The maximum Gasteiger partial charge on any atom is 0.265 e.